The minimum absolute atomic E-state index is 0.111. The largest absolute Gasteiger partial charge is 0.504 e. The standard InChI is InChI=1S/C7H7FO2/c8-4-5-2-1-3-6(9)7(5)10/h1-3,9-10H,4H2. The second-order valence-corrected chi connectivity index (χ2v) is 1.92. The first-order valence-corrected chi connectivity index (χ1v) is 2.81. The molecule has 1 aromatic rings. The number of halogens is 1. The van der Waals surface area contributed by atoms with Gasteiger partial charge >= 0.3 is 0 Å². The van der Waals surface area contributed by atoms with Gasteiger partial charge in [-0.05, 0) is 6.07 Å². The lowest BCUT2D eigenvalue weighted by Crippen LogP contribution is -1.78. The highest BCUT2D eigenvalue weighted by atomic mass is 19.1. The van der Waals surface area contributed by atoms with E-state index in [1.165, 1.54) is 18.2 Å². The Labute approximate surface area is 57.6 Å². The van der Waals surface area contributed by atoms with Crippen LogP contribution in [0.25, 0.3) is 0 Å². The van der Waals surface area contributed by atoms with Gasteiger partial charge < -0.3 is 10.2 Å². The molecule has 0 unspecified atom stereocenters. The third-order valence-electron chi connectivity index (χ3n) is 1.24. The molecule has 0 saturated heterocycles. The summed E-state index contributed by atoms with van der Waals surface area (Å²) < 4.78 is 11.9. The summed E-state index contributed by atoms with van der Waals surface area (Å²) in [5.41, 5.74) is 0.111. The van der Waals surface area contributed by atoms with Crippen molar-refractivity contribution in [2.45, 2.75) is 6.67 Å². The van der Waals surface area contributed by atoms with Crippen LogP contribution in [-0.2, 0) is 6.67 Å². The van der Waals surface area contributed by atoms with Crippen molar-refractivity contribution in [2.24, 2.45) is 0 Å². The lowest BCUT2D eigenvalue weighted by atomic mass is 10.2. The van der Waals surface area contributed by atoms with E-state index in [1.54, 1.807) is 0 Å². The second kappa shape index (κ2) is 2.56. The van der Waals surface area contributed by atoms with Gasteiger partial charge in [-0.15, -0.1) is 0 Å². The average molecular weight is 142 g/mol. The fraction of sp³-hybridized carbons (Fsp3) is 0.143. The van der Waals surface area contributed by atoms with Crippen LogP contribution >= 0.6 is 0 Å². The first-order chi connectivity index (χ1) is 4.75. The number of benzene rings is 1. The number of phenolic OH excluding ortho intramolecular Hbond substituents is 2. The maximum Gasteiger partial charge on any atom is 0.163 e. The Morgan fingerprint density at radius 2 is 2.00 bits per heavy atom. The van der Waals surface area contributed by atoms with Crippen molar-refractivity contribution in [2.75, 3.05) is 0 Å². The Morgan fingerprint density at radius 3 is 2.50 bits per heavy atom. The van der Waals surface area contributed by atoms with Crippen LogP contribution in [0.4, 0.5) is 4.39 Å². The molecule has 0 bridgehead atoms. The van der Waals surface area contributed by atoms with E-state index in [0.29, 0.717) is 0 Å². The number of para-hydroxylation sites is 1. The highest BCUT2D eigenvalue weighted by molar-refractivity contribution is 5.43. The minimum Gasteiger partial charge on any atom is -0.504 e. The smallest absolute Gasteiger partial charge is 0.163 e. The molecule has 0 spiro atoms. The van der Waals surface area contributed by atoms with Crippen LogP contribution in [0, 0.1) is 0 Å². The van der Waals surface area contributed by atoms with Crippen LogP contribution in [0.15, 0.2) is 18.2 Å². The van der Waals surface area contributed by atoms with Gasteiger partial charge in [0.15, 0.2) is 11.5 Å². The van der Waals surface area contributed by atoms with Crippen molar-refractivity contribution in [3.05, 3.63) is 23.8 Å². The lowest BCUT2D eigenvalue weighted by molar-refractivity contribution is 0.386. The van der Waals surface area contributed by atoms with E-state index in [1.807, 2.05) is 0 Å². The Balaban J connectivity index is 3.14. The van der Waals surface area contributed by atoms with Gasteiger partial charge in [-0.3, -0.25) is 0 Å². The molecule has 10 heavy (non-hydrogen) atoms. The van der Waals surface area contributed by atoms with Gasteiger partial charge in [-0.2, -0.15) is 0 Å². The van der Waals surface area contributed by atoms with Crippen LogP contribution in [-0.4, -0.2) is 10.2 Å². The molecular weight excluding hydrogens is 135 g/mol. The summed E-state index contributed by atoms with van der Waals surface area (Å²) in [5.74, 6) is -0.653. The number of aromatic hydroxyl groups is 2. The van der Waals surface area contributed by atoms with Gasteiger partial charge in [0.2, 0.25) is 0 Å². The van der Waals surface area contributed by atoms with Crippen LogP contribution in [0.5, 0.6) is 11.5 Å². The molecule has 54 valence electrons. The predicted octanol–water partition coefficient (Wildman–Crippen LogP) is 1.57. The molecule has 3 heteroatoms. The number of rotatable bonds is 1. The molecule has 0 amide bonds. The van der Waals surface area contributed by atoms with Gasteiger partial charge in [0.25, 0.3) is 0 Å². The van der Waals surface area contributed by atoms with E-state index in [9.17, 15) is 4.39 Å². The Hall–Kier alpha value is -1.25. The summed E-state index contributed by atoms with van der Waals surface area (Å²) in [7, 11) is 0. The fourth-order valence-corrected chi connectivity index (χ4v) is 0.686. The van der Waals surface area contributed by atoms with E-state index < -0.39 is 6.67 Å². The monoisotopic (exact) mass is 142 g/mol. The first kappa shape index (κ1) is 6.86. The molecule has 0 atom stereocenters. The minimum atomic E-state index is -0.764. The Morgan fingerprint density at radius 1 is 1.30 bits per heavy atom. The molecule has 0 radical (unpaired) electrons. The van der Waals surface area contributed by atoms with Gasteiger partial charge in [0, 0.05) is 5.56 Å². The maximum absolute atomic E-state index is 11.9. The Kier molecular flexibility index (Phi) is 1.76. The van der Waals surface area contributed by atoms with Gasteiger partial charge in [0.05, 0.1) is 0 Å². The summed E-state index contributed by atoms with van der Waals surface area (Å²) >= 11 is 0. The van der Waals surface area contributed by atoms with E-state index >= 15 is 0 Å². The second-order valence-electron chi connectivity index (χ2n) is 1.92. The molecule has 0 aliphatic rings. The topological polar surface area (TPSA) is 40.5 Å². The third-order valence-corrected chi connectivity index (χ3v) is 1.24. The first-order valence-electron chi connectivity index (χ1n) is 2.81. The molecular formula is C7H7FO2. The molecule has 0 aliphatic heterocycles. The van der Waals surface area contributed by atoms with Crippen LogP contribution < -0.4 is 0 Å². The predicted molar refractivity (Wildman–Crippen MR) is 34.6 cm³/mol. The molecule has 1 aromatic carbocycles. The molecule has 0 aromatic heterocycles. The van der Waals surface area contributed by atoms with E-state index in [0.717, 1.165) is 0 Å². The normalized spacial score (nSPS) is 9.70. The lowest BCUT2D eigenvalue weighted by Gasteiger charge is -1.99. The summed E-state index contributed by atoms with van der Waals surface area (Å²) in [6, 6.07) is 4.19. The van der Waals surface area contributed by atoms with Crippen molar-refractivity contribution < 1.29 is 14.6 Å². The third kappa shape index (κ3) is 1.03. The van der Waals surface area contributed by atoms with Crippen molar-refractivity contribution >= 4 is 0 Å². The van der Waals surface area contributed by atoms with Crippen LogP contribution in [0.2, 0.25) is 0 Å². The zero-order valence-corrected chi connectivity index (χ0v) is 5.21. The summed E-state index contributed by atoms with van der Waals surface area (Å²) in [6.07, 6.45) is 0. The van der Waals surface area contributed by atoms with Gasteiger partial charge in [-0.25, -0.2) is 4.39 Å². The Bertz CT molecular complexity index is 235. The van der Waals surface area contributed by atoms with Gasteiger partial charge in [0.1, 0.15) is 6.67 Å². The fourth-order valence-electron chi connectivity index (χ4n) is 0.686. The SMILES string of the molecule is Oc1cccc(CF)c1O. The van der Waals surface area contributed by atoms with E-state index in [2.05, 4.69) is 0 Å². The van der Waals surface area contributed by atoms with Crippen molar-refractivity contribution in [1.29, 1.82) is 0 Å². The van der Waals surface area contributed by atoms with E-state index in [-0.39, 0.29) is 17.1 Å². The van der Waals surface area contributed by atoms with Crippen molar-refractivity contribution in [1.82, 2.24) is 0 Å². The molecule has 0 aliphatic carbocycles. The zero-order valence-electron chi connectivity index (χ0n) is 5.21. The number of hydrogen-bond donors (Lipinski definition) is 2. The summed E-state index contributed by atoms with van der Waals surface area (Å²) in [5, 5.41) is 17.7. The van der Waals surface area contributed by atoms with Crippen molar-refractivity contribution in [3.63, 3.8) is 0 Å². The number of phenols is 2. The number of alkyl halides is 1. The van der Waals surface area contributed by atoms with Crippen LogP contribution in [0.3, 0.4) is 0 Å². The molecule has 0 fully saturated rings. The highest BCUT2D eigenvalue weighted by Crippen LogP contribution is 2.28. The van der Waals surface area contributed by atoms with Crippen molar-refractivity contribution in [3.8, 4) is 11.5 Å². The zero-order chi connectivity index (χ0) is 7.56. The molecule has 2 nitrogen and oxygen atoms in total. The molecule has 0 saturated carbocycles. The van der Waals surface area contributed by atoms with Crippen LogP contribution in [0.1, 0.15) is 5.56 Å². The summed E-state index contributed by atoms with van der Waals surface area (Å²) in [4.78, 5) is 0. The quantitative estimate of drug-likeness (QED) is 0.584. The molecule has 0 heterocycles. The maximum atomic E-state index is 11.9. The average Bonchev–Trinajstić information content (AvgIpc) is 1.95. The summed E-state index contributed by atoms with van der Waals surface area (Å²) in [6.45, 7) is -0.764. The highest BCUT2D eigenvalue weighted by Gasteiger charge is 2.03. The molecule has 2 N–H and O–H groups in total. The number of hydrogen-bond acceptors (Lipinski definition) is 2. The molecule has 1 rings (SSSR count). The van der Waals surface area contributed by atoms with Gasteiger partial charge in [-0.1, -0.05) is 12.1 Å². The van der Waals surface area contributed by atoms with E-state index in [4.69, 9.17) is 10.2 Å².